The van der Waals surface area contributed by atoms with Gasteiger partial charge in [0.15, 0.2) is 0 Å². The molecule has 0 fully saturated rings. The van der Waals surface area contributed by atoms with Crippen molar-refractivity contribution in [3.8, 4) is 0 Å². The second-order valence-electron chi connectivity index (χ2n) is 8.52. The summed E-state index contributed by atoms with van der Waals surface area (Å²) in [5, 5.41) is 9.14. The summed E-state index contributed by atoms with van der Waals surface area (Å²) in [5.74, 6) is 0. The number of rotatable bonds is 21. The zero-order valence-electron chi connectivity index (χ0n) is 19.7. The Morgan fingerprint density at radius 1 is 0.621 bits per heavy atom. The van der Waals surface area contributed by atoms with Crippen LogP contribution in [-0.2, 0) is 10.1 Å². The molecule has 0 aromatic heterocycles. The van der Waals surface area contributed by atoms with Gasteiger partial charge in [-0.1, -0.05) is 110 Å². The van der Waals surface area contributed by atoms with E-state index in [-0.39, 0.29) is 35.7 Å². The molecule has 0 aromatic rings. The van der Waals surface area contributed by atoms with E-state index < -0.39 is 15.4 Å². The molecule has 0 aromatic carbocycles. The average molecular weight is 443 g/mol. The van der Waals surface area contributed by atoms with Crippen LogP contribution in [-0.4, -0.2) is 29.4 Å². The molecule has 2 atom stereocenters. The normalized spacial score (nSPS) is 13.8. The van der Waals surface area contributed by atoms with Gasteiger partial charge in [0.25, 0.3) is 0 Å². The van der Waals surface area contributed by atoms with Gasteiger partial charge in [-0.15, -0.1) is 0 Å². The molecule has 1 N–H and O–H groups in total. The van der Waals surface area contributed by atoms with Crippen LogP contribution in [0.15, 0.2) is 0 Å². The Labute approximate surface area is 204 Å². The van der Waals surface area contributed by atoms with Crippen molar-refractivity contribution in [2.75, 3.05) is 0 Å². The summed E-state index contributed by atoms with van der Waals surface area (Å²) in [6.07, 6.45) is 19.6. The SMILES string of the molecule is CCCCCCC(CCCCCCCCCCCC(O)CCCC)S(=O)(=O)[O-].[Na+]. The molecule has 0 amide bonds. The summed E-state index contributed by atoms with van der Waals surface area (Å²) < 4.78 is 34.2. The van der Waals surface area contributed by atoms with Crippen molar-refractivity contribution in [3.63, 3.8) is 0 Å². The molecule has 0 heterocycles. The topological polar surface area (TPSA) is 77.4 Å². The zero-order chi connectivity index (χ0) is 21.1. The molecule has 0 saturated carbocycles. The molecule has 0 rings (SSSR count). The first kappa shape index (κ1) is 32.1. The molecule has 29 heavy (non-hydrogen) atoms. The van der Waals surface area contributed by atoms with E-state index in [1.807, 2.05) is 0 Å². The van der Waals surface area contributed by atoms with Gasteiger partial charge in [-0.05, 0) is 25.7 Å². The van der Waals surface area contributed by atoms with Crippen LogP contribution in [0.3, 0.4) is 0 Å². The van der Waals surface area contributed by atoms with Crippen LogP contribution >= 0.6 is 0 Å². The van der Waals surface area contributed by atoms with E-state index in [2.05, 4.69) is 13.8 Å². The second kappa shape index (κ2) is 22.1. The number of hydrogen-bond donors (Lipinski definition) is 1. The number of aliphatic hydroxyl groups excluding tert-OH is 1. The molecule has 170 valence electrons. The Hall–Kier alpha value is 0.870. The van der Waals surface area contributed by atoms with Crippen molar-refractivity contribution in [2.45, 2.75) is 147 Å². The molecule has 0 radical (unpaired) electrons. The molecular weight excluding hydrogens is 395 g/mol. The summed E-state index contributed by atoms with van der Waals surface area (Å²) in [7, 11) is -4.14. The third-order valence-electron chi connectivity index (χ3n) is 5.74. The predicted molar refractivity (Wildman–Crippen MR) is 119 cm³/mol. The van der Waals surface area contributed by atoms with E-state index in [4.69, 9.17) is 0 Å². The Balaban J connectivity index is 0. The van der Waals surface area contributed by atoms with Gasteiger partial charge < -0.3 is 9.66 Å². The van der Waals surface area contributed by atoms with Crippen LogP contribution in [0.25, 0.3) is 0 Å². The van der Waals surface area contributed by atoms with Crippen LogP contribution in [0.1, 0.15) is 136 Å². The van der Waals surface area contributed by atoms with Crippen LogP contribution in [0.2, 0.25) is 0 Å². The maximum absolute atomic E-state index is 11.4. The first-order valence-electron chi connectivity index (χ1n) is 12.0. The Morgan fingerprint density at radius 3 is 1.38 bits per heavy atom. The minimum atomic E-state index is -4.14. The maximum Gasteiger partial charge on any atom is 1.00 e. The molecule has 0 spiro atoms. The fraction of sp³-hybridized carbons (Fsp3) is 1.00. The Bertz CT molecular complexity index is 429. The van der Waals surface area contributed by atoms with Crippen LogP contribution in [0, 0.1) is 0 Å². The summed E-state index contributed by atoms with van der Waals surface area (Å²) in [6.45, 7) is 4.28. The average Bonchev–Trinajstić information content (AvgIpc) is 2.64. The molecule has 0 bridgehead atoms. The molecule has 4 nitrogen and oxygen atoms in total. The first-order chi connectivity index (χ1) is 13.4. The van der Waals surface area contributed by atoms with E-state index in [0.29, 0.717) is 12.8 Å². The number of aliphatic hydroxyl groups is 1. The summed E-state index contributed by atoms with van der Waals surface area (Å²) in [6, 6.07) is 0. The second-order valence-corrected chi connectivity index (χ2v) is 10.2. The van der Waals surface area contributed by atoms with E-state index in [1.54, 1.807) is 0 Å². The fourth-order valence-corrected chi connectivity index (χ4v) is 4.72. The van der Waals surface area contributed by atoms with Gasteiger partial charge >= 0.3 is 29.6 Å². The summed E-state index contributed by atoms with van der Waals surface area (Å²) >= 11 is 0. The quantitative estimate of drug-likeness (QED) is 0.167. The van der Waals surface area contributed by atoms with Crippen LogP contribution in [0.5, 0.6) is 0 Å². The summed E-state index contributed by atoms with van der Waals surface area (Å²) in [5.41, 5.74) is 0. The predicted octanol–water partition coefficient (Wildman–Crippen LogP) is 3.72. The Kier molecular flexibility index (Phi) is 24.4. The van der Waals surface area contributed by atoms with Gasteiger partial charge in [-0.2, -0.15) is 0 Å². The van der Waals surface area contributed by atoms with Crippen molar-refractivity contribution in [3.05, 3.63) is 0 Å². The van der Waals surface area contributed by atoms with E-state index in [1.165, 1.54) is 32.1 Å². The van der Waals surface area contributed by atoms with E-state index in [0.717, 1.165) is 77.0 Å². The molecule has 0 aliphatic rings. The van der Waals surface area contributed by atoms with Crippen molar-refractivity contribution < 1.29 is 47.6 Å². The largest absolute Gasteiger partial charge is 1.00 e. The Morgan fingerprint density at radius 2 is 0.966 bits per heavy atom. The van der Waals surface area contributed by atoms with Crippen molar-refractivity contribution >= 4 is 10.1 Å². The molecule has 0 aliphatic carbocycles. The first-order valence-corrected chi connectivity index (χ1v) is 13.5. The fourth-order valence-electron chi connectivity index (χ4n) is 3.81. The van der Waals surface area contributed by atoms with Gasteiger partial charge in [0.2, 0.25) is 0 Å². The molecule has 6 heteroatoms. The van der Waals surface area contributed by atoms with Crippen molar-refractivity contribution in [1.82, 2.24) is 0 Å². The number of unbranched alkanes of at least 4 members (excludes halogenated alkanes) is 12. The van der Waals surface area contributed by atoms with Gasteiger partial charge in [-0.25, -0.2) is 8.42 Å². The van der Waals surface area contributed by atoms with E-state index >= 15 is 0 Å². The third-order valence-corrected chi connectivity index (χ3v) is 7.03. The van der Waals surface area contributed by atoms with Gasteiger partial charge in [0.1, 0.15) is 0 Å². The standard InChI is InChI=1S/C23H48O4S.Na/c1-3-5-7-16-20-23(28(25,26)27)21-17-14-12-10-8-9-11-13-15-19-22(24)18-6-4-2;/h22-24H,3-21H2,1-2H3,(H,25,26,27);/q;+1/p-1. The number of hydrogen-bond acceptors (Lipinski definition) is 4. The van der Waals surface area contributed by atoms with Gasteiger partial charge in [0.05, 0.1) is 16.2 Å². The van der Waals surface area contributed by atoms with Gasteiger partial charge in [-0.3, -0.25) is 0 Å². The van der Waals surface area contributed by atoms with Crippen LogP contribution < -0.4 is 29.6 Å². The van der Waals surface area contributed by atoms with E-state index in [9.17, 15) is 18.1 Å². The molecule has 0 saturated heterocycles. The molecule has 2 unspecified atom stereocenters. The van der Waals surface area contributed by atoms with Crippen molar-refractivity contribution in [1.29, 1.82) is 0 Å². The smallest absolute Gasteiger partial charge is 0.748 e. The minimum absolute atomic E-state index is 0. The molecule has 0 aliphatic heterocycles. The zero-order valence-corrected chi connectivity index (χ0v) is 22.5. The third kappa shape index (κ3) is 21.9. The monoisotopic (exact) mass is 442 g/mol. The maximum atomic E-state index is 11.4. The van der Waals surface area contributed by atoms with Crippen LogP contribution in [0.4, 0.5) is 0 Å². The summed E-state index contributed by atoms with van der Waals surface area (Å²) in [4.78, 5) is 0. The molecular formula is C23H47NaO4S. The van der Waals surface area contributed by atoms with Crippen molar-refractivity contribution in [2.24, 2.45) is 0 Å². The minimum Gasteiger partial charge on any atom is -0.748 e. The van der Waals surface area contributed by atoms with Gasteiger partial charge in [0, 0.05) is 5.25 Å².